The van der Waals surface area contributed by atoms with Crippen molar-refractivity contribution in [3.8, 4) is 28.0 Å². The van der Waals surface area contributed by atoms with Crippen LogP contribution < -0.4 is 4.74 Å². The standard InChI is InChI=1S/C29H28N4O4/c1-16(2)36-26-13-20(29(34)35)9-10-22(26)24-15-33(18(4)25-8-6-7-11-30-25)28-23(24)12-21(14-31-28)27-17(3)32-37-19(27)5/h6-16,18H,1-5H3,(H,34,35)/t18-/m0/s1. The van der Waals surface area contributed by atoms with Crippen molar-refractivity contribution in [2.24, 2.45) is 0 Å². The zero-order valence-corrected chi connectivity index (χ0v) is 21.4. The van der Waals surface area contributed by atoms with Crippen LogP contribution in [0.4, 0.5) is 0 Å². The Labute approximate surface area is 214 Å². The van der Waals surface area contributed by atoms with Gasteiger partial charge in [-0.2, -0.15) is 0 Å². The van der Waals surface area contributed by atoms with E-state index in [1.807, 2.05) is 58.3 Å². The molecule has 8 heteroatoms. The first kappa shape index (κ1) is 24.2. The Kier molecular flexibility index (Phi) is 6.25. The van der Waals surface area contributed by atoms with E-state index in [0.29, 0.717) is 5.75 Å². The lowest BCUT2D eigenvalue weighted by Crippen LogP contribution is -2.08. The first-order valence-corrected chi connectivity index (χ1v) is 12.1. The molecule has 1 aromatic carbocycles. The molecule has 37 heavy (non-hydrogen) atoms. The maximum atomic E-state index is 11.7. The Morgan fingerprint density at radius 3 is 2.51 bits per heavy atom. The summed E-state index contributed by atoms with van der Waals surface area (Å²) in [7, 11) is 0. The van der Waals surface area contributed by atoms with Crippen molar-refractivity contribution in [1.29, 1.82) is 0 Å². The number of pyridine rings is 2. The predicted octanol–water partition coefficient (Wildman–Crippen LogP) is 6.46. The summed E-state index contributed by atoms with van der Waals surface area (Å²) in [6.45, 7) is 9.70. The van der Waals surface area contributed by atoms with Gasteiger partial charge in [0.15, 0.2) is 0 Å². The van der Waals surface area contributed by atoms with Crippen LogP contribution in [0.5, 0.6) is 5.75 Å². The number of carboxylic acid groups (broad SMARTS) is 1. The van der Waals surface area contributed by atoms with Gasteiger partial charge < -0.3 is 18.9 Å². The molecule has 188 valence electrons. The highest BCUT2D eigenvalue weighted by molar-refractivity contribution is 5.99. The normalized spacial score (nSPS) is 12.3. The van der Waals surface area contributed by atoms with Gasteiger partial charge in [0.1, 0.15) is 17.2 Å². The maximum Gasteiger partial charge on any atom is 0.335 e. The Morgan fingerprint density at radius 2 is 1.86 bits per heavy atom. The summed E-state index contributed by atoms with van der Waals surface area (Å²) in [5.41, 5.74) is 6.10. The molecule has 0 saturated carbocycles. The quantitative estimate of drug-likeness (QED) is 0.276. The molecule has 0 radical (unpaired) electrons. The number of hydrogen-bond acceptors (Lipinski definition) is 6. The van der Waals surface area contributed by atoms with Crippen LogP contribution in [0.15, 0.2) is 65.6 Å². The molecule has 0 unspecified atom stereocenters. The zero-order chi connectivity index (χ0) is 26.3. The first-order chi connectivity index (χ1) is 17.7. The minimum absolute atomic E-state index is 0.0948. The molecule has 8 nitrogen and oxygen atoms in total. The van der Waals surface area contributed by atoms with Crippen molar-refractivity contribution in [2.45, 2.75) is 46.8 Å². The number of hydrogen-bond donors (Lipinski definition) is 1. The SMILES string of the molecule is Cc1noc(C)c1-c1cnc2c(c1)c(-c1ccc(C(=O)O)cc1OC(C)C)cn2[C@@H](C)c1ccccn1. The molecule has 0 amide bonds. The van der Waals surface area contributed by atoms with E-state index >= 15 is 0 Å². The van der Waals surface area contributed by atoms with E-state index < -0.39 is 5.97 Å². The third kappa shape index (κ3) is 4.46. The molecule has 0 spiro atoms. The number of benzene rings is 1. The highest BCUT2D eigenvalue weighted by Gasteiger charge is 2.22. The minimum atomic E-state index is -1.01. The van der Waals surface area contributed by atoms with Crippen LogP contribution in [0.25, 0.3) is 33.3 Å². The number of nitrogens with zero attached hydrogens (tertiary/aromatic N) is 4. The molecule has 5 rings (SSSR count). The number of rotatable bonds is 7. The molecule has 4 heterocycles. The van der Waals surface area contributed by atoms with Crippen LogP contribution in [0, 0.1) is 13.8 Å². The number of carboxylic acids is 1. The molecular weight excluding hydrogens is 468 g/mol. The van der Waals surface area contributed by atoms with Crippen LogP contribution in [0.3, 0.4) is 0 Å². The average molecular weight is 497 g/mol. The van der Waals surface area contributed by atoms with Gasteiger partial charge in [0.05, 0.1) is 29.1 Å². The second kappa shape index (κ2) is 9.54. The summed E-state index contributed by atoms with van der Waals surface area (Å²) in [5.74, 6) is 0.215. The molecule has 0 saturated heterocycles. The Morgan fingerprint density at radius 1 is 1.05 bits per heavy atom. The third-order valence-electron chi connectivity index (χ3n) is 6.41. The van der Waals surface area contributed by atoms with E-state index in [9.17, 15) is 9.90 Å². The van der Waals surface area contributed by atoms with E-state index in [-0.39, 0.29) is 17.7 Å². The second-order valence-electron chi connectivity index (χ2n) is 9.36. The monoisotopic (exact) mass is 496 g/mol. The minimum Gasteiger partial charge on any atom is -0.490 e. The summed E-state index contributed by atoms with van der Waals surface area (Å²) >= 11 is 0. The molecule has 4 aromatic heterocycles. The van der Waals surface area contributed by atoms with Crippen molar-refractivity contribution >= 4 is 17.0 Å². The van der Waals surface area contributed by atoms with Gasteiger partial charge in [-0.1, -0.05) is 11.2 Å². The van der Waals surface area contributed by atoms with Crippen LogP contribution in [0.2, 0.25) is 0 Å². The predicted molar refractivity (Wildman–Crippen MR) is 141 cm³/mol. The Bertz CT molecular complexity index is 1580. The Balaban J connectivity index is 1.78. The van der Waals surface area contributed by atoms with Gasteiger partial charge in [0, 0.05) is 46.2 Å². The molecule has 0 bridgehead atoms. The van der Waals surface area contributed by atoms with E-state index in [2.05, 4.69) is 27.7 Å². The number of fused-ring (bicyclic) bond motifs is 1. The van der Waals surface area contributed by atoms with Crippen molar-refractivity contribution in [3.05, 3.63) is 83.8 Å². The Hall–Kier alpha value is -4.46. The van der Waals surface area contributed by atoms with E-state index in [0.717, 1.165) is 50.4 Å². The zero-order valence-electron chi connectivity index (χ0n) is 21.4. The molecule has 1 N–H and O–H groups in total. The average Bonchev–Trinajstić information content (AvgIpc) is 3.42. The molecule has 5 aromatic rings. The molecule has 0 aliphatic heterocycles. The third-order valence-corrected chi connectivity index (χ3v) is 6.41. The van der Waals surface area contributed by atoms with Crippen LogP contribution >= 0.6 is 0 Å². The number of aryl methyl sites for hydroxylation is 2. The van der Waals surface area contributed by atoms with E-state index in [1.54, 1.807) is 24.4 Å². The smallest absolute Gasteiger partial charge is 0.335 e. The first-order valence-electron chi connectivity index (χ1n) is 12.1. The number of aromatic carboxylic acids is 1. The summed E-state index contributed by atoms with van der Waals surface area (Å²) in [6.07, 6.45) is 5.51. The fraction of sp³-hybridized carbons (Fsp3) is 0.241. The van der Waals surface area contributed by atoms with E-state index in [1.165, 1.54) is 0 Å². The largest absolute Gasteiger partial charge is 0.490 e. The topological polar surface area (TPSA) is 103 Å². The highest BCUT2D eigenvalue weighted by Crippen LogP contribution is 2.40. The second-order valence-corrected chi connectivity index (χ2v) is 9.36. The molecule has 0 aliphatic rings. The van der Waals surface area contributed by atoms with Gasteiger partial charge in [-0.05, 0) is 71.0 Å². The fourth-order valence-corrected chi connectivity index (χ4v) is 4.67. The number of carbonyl (C=O) groups is 1. The van der Waals surface area contributed by atoms with Gasteiger partial charge in [0.25, 0.3) is 0 Å². The molecule has 0 aliphatic carbocycles. The van der Waals surface area contributed by atoms with Crippen molar-refractivity contribution in [3.63, 3.8) is 0 Å². The molecule has 1 atom stereocenters. The fourth-order valence-electron chi connectivity index (χ4n) is 4.67. The summed E-state index contributed by atoms with van der Waals surface area (Å²) in [5, 5.41) is 14.6. The van der Waals surface area contributed by atoms with Crippen LogP contribution in [-0.2, 0) is 0 Å². The maximum absolute atomic E-state index is 11.7. The molecular formula is C29H28N4O4. The lowest BCUT2D eigenvalue weighted by molar-refractivity contribution is 0.0696. The van der Waals surface area contributed by atoms with Gasteiger partial charge in [-0.25, -0.2) is 9.78 Å². The van der Waals surface area contributed by atoms with Crippen LogP contribution in [-0.4, -0.2) is 36.9 Å². The van der Waals surface area contributed by atoms with Gasteiger partial charge in [-0.15, -0.1) is 0 Å². The van der Waals surface area contributed by atoms with Gasteiger partial charge in [0.2, 0.25) is 0 Å². The summed E-state index contributed by atoms with van der Waals surface area (Å²) < 4.78 is 13.6. The van der Waals surface area contributed by atoms with E-state index in [4.69, 9.17) is 14.2 Å². The van der Waals surface area contributed by atoms with Crippen molar-refractivity contribution in [1.82, 2.24) is 19.7 Å². The highest BCUT2D eigenvalue weighted by atomic mass is 16.5. The van der Waals surface area contributed by atoms with Crippen molar-refractivity contribution in [2.75, 3.05) is 0 Å². The van der Waals surface area contributed by atoms with Crippen molar-refractivity contribution < 1.29 is 19.2 Å². The summed E-state index contributed by atoms with van der Waals surface area (Å²) in [4.78, 5) is 21.1. The molecule has 0 fully saturated rings. The lowest BCUT2D eigenvalue weighted by atomic mass is 10.00. The lowest BCUT2D eigenvalue weighted by Gasteiger charge is -2.15. The summed E-state index contributed by atoms with van der Waals surface area (Å²) in [6, 6.07) is 12.8. The van der Waals surface area contributed by atoms with Crippen LogP contribution in [0.1, 0.15) is 54.3 Å². The van der Waals surface area contributed by atoms with Gasteiger partial charge >= 0.3 is 5.97 Å². The number of ether oxygens (including phenoxy) is 1. The number of aromatic nitrogens is 4. The van der Waals surface area contributed by atoms with Gasteiger partial charge in [-0.3, -0.25) is 4.98 Å².